The minimum absolute atomic E-state index is 0.657. The SMILES string of the molecule is C=C(C)Sc1nc(SC(=C)C)nc(SC(=C)C)n1. The lowest BCUT2D eigenvalue weighted by Gasteiger charge is -2.05. The van der Waals surface area contributed by atoms with Gasteiger partial charge in [0.2, 0.25) is 0 Å². The van der Waals surface area contributed by atoms with Gasteiger partial charge in [-0.05, 0) is 35.5 Å². The Kier molecular flexibility index (Phi) is 5.98. The lowest BCUT2D eigenvalue weighted by molar-refractivity contribution is 0.720. The molecule has 0 aliphatic carbocycles. The van der Waals surface area contributed by atoms with E-state index in [4.69, 9.17) is 0 Å². The first-order chi connectivity index (χ1) is 8.36. The molecule has 0 N–H and O–H groups in total. The van der Waals surface area contributed by atoms with E-state index in [9.17, 15) is 0 Å². The van der Waals surface area contributed by atoms with Gasteiger partial charge in [-0.1, -0.05) is 55.0 Å². The van der Waals surface area contributed by atoms with E-state index in [0.29, 0.717) is 15.5 Å². The van der Waals surface area contributed by atoms with Crippen LogP contribution in [0.25, 0.3) is 0 Å². The third-order valence-electron chi connectivity index (χ3n) is 1.37. The normalized spacial score (nSPS) is 10.2. The van der Waals surface area contributed by atoms with E-state index in [1.807, 2.05) is 20.8 Å². The summed E-state index contributed by atoms with van der Waals surface area (Å²) in [4.78, 5) is 15.9. The second kappa shape index (κ2) is 7.01. The second-order valence-corrected chi connectivity index (χ2v) is 7.39. The van der Waals surface area contributed by atoms with Gasteiger partial charge in [0.05, 0.1) is 0 Å². The van der Waals surface area contributed by atoms with Crippen LogP contribution in [0.15, 0.2) is 49.9 Å². The Bertz CT molecular complexity index is 414. The molecule has 1 heterocycles. The maximum Gasteiger partial charge on any atom is 0.197 e. The molecule has 0 aromatic carbocycles. The topological polar surface area (TPSA) is 38.7 Å². The van der Waals surface area contributed by atoms with Crippen LogP contribution in [0.1, 0.15) is 20.8 Å². The molecule has 1 rings (SSSR count). The highest BCUT2D eigenvalue weighted by Crippen LogP contribution is 2.30. The molecule has 0 aliphatic rings. The molecule has 0 amide bonds. The molecule has 0 fully saturated rings. The number of aromatic nitrogens is 3. The van der Waals surface area contributed by atoms with Gasteiger partial charge < -0.3 is 0 Å². The van der Waals surface area contributed by atoms with E-state index >= 15 is 0 Å². The molecule has 96 valence electrons. The maximum absolute atomic E-state index is 4.36. The van der Waals surface area contributed by atoms with Crippen molar-refractivity contribution in [2.24, 2.45) is 0 Å². The largest absolute Gasteiger partial charge is 0.197 e. The Balaban J connectivity index is 3.06. The van der Waals surface area contributed by atoms with Crippen LogP contribution in [0, 0.1) is 0 Å². The molecular weight excluding hydrogens is 282 g/mol. The molecule has 18 heavy (non-hydrogen) atoms. The summed E-state index contributed by atoms with van der Waals surface area (Å²) in [6, 6.07) is 0. The summed E-state index contributed by atoms with van der Waals surface area (Å²) in [6.07, 6.45) is 0. The second-order valence-electron chi connectivity index (χ2n) is 3.60. The Morgan fingerprint density at radius 2 is 0.889 bits per heavy atom. The molecule has 0 aliphatic heterocycles. The smallest absolute Gasteiger partial charge is 0.196 e. The van der Waals surface area contributed by atoms with Gasteiger partial charge in [0.15, 0.2) is 15.5 Å². The summed E-state index contributed by atoms with van der Waals surface area (Å²) in [7, 11) is 0. The van der Waals surface area contributed by atoms with Gasteiger partial charge in [0, 0.05) is 0 Å². The summed E-state index contributed by atoms with van der Waals surface area (Å²) >= 11 is 4.31. The summed E-state index contributed by atoms with van der Waals surface area (Å²) in [5.74, 6) is 0. The standard InChI is InChI=1S/C12H15N3S3/c1-7(2)16-10-13-11(17-8(3)4)15-12(14-10)18-9(5)6/h1,3,5H2,2,4,6H3. The molecule has 3 nitrogen and oxygen atoms in total. The summed E-state index contributed by atoms with van der Waals surface area (Å²) in [6.45, 7) is 17.3. The van der Waals surface area contributed by atoms with Gasteiger partial charge >= 0.3 is 0 Å². The quantitative estimate of drug-likeness (QED) is 0.706. The number of rotatable bonds is 6. The first-order valence-corrected chi connectivity index (χ1v) is 7.58. The molecule has 1 aromatic rings. The minimum atomic E-state index is 0.657. The first-order valence-electron chi connectivity index (χ1n) is 5.13. The predicted octanol–water partition coefficient (Wildman–Crippen LogP) is 4.75. The van der Waals surface area contributed by atoms with Crippen molar-refractivity contribution < 1.29 is 0 Å². The highest BCUT2D eigenvalue weighted by molar-refractivity contribution is 8.04. The van der Waals surface area contributed by atoms with Gasteiger partial charge in [-0.2, -0.15) is 15.0 Å². The summed E-state index contributed by atoms with van der Waals surface area (Å²) in [5.41, 5.74) is 0. The van der Waals surface area contributed by atoms with E-state index in [2.05, 4.69) is 34.7 Å². The van der Waals surface area contributed by atoms with Gasteiger partial charge in [-0.3, -0.25) is 0 Å². The van der Waals surface area contributed by atoms with E-state index in [1.165, 1.54) is 35.3 Å². The van der Waals surface area contributed by atoms with Crippen LogP contribution < -0.4 is 0 Å². The lowest BCUT2D eigenvalue weighted by atomic mass is 10.8. The first kappa shape index (κ1) is 15.3. The number of nitrogens with zero attached hydrogens (tertiary/aromatic N) is 3. The number of hydrogen-bond donors (Lipinski definition) is 0. The molecule has 0 spiro atoms. The Hall–Kier alpha value is -0.720. The highest BCUT2D eigenvalue weighted by Gasteiger charge is 2.09. The molecule has 0 unspecified atom stereocenters. The van der Waals surface area contributed by atoms with Crippen molar-refractivity contribution in [1.29, 1.82) is 0 Å². The van der Waals surface area contributed by atoms with Crippen molar-refractivity contribution in [3.8, 4) is 0 Å². The van der Waals surface area contributed by atoms with Crippen LogP contribution in [-0.4, -0.2) is 15.0 Å². The average Bonchev–Trinajstić information content (AvgIpc) is 2.12. The van der Waals surface area contributed by atoms with Crippen molar-refractivity contribution in [2.75, 3.05) is 0 Å². The number of allylic oxidation sites excluding steroid dienone is 3. The molecule has 0 saturated heterocycles. The van der Waals surface area contributed by atoms with Crippen molar-refractivity contribution in [1.82, 2.24) is 15.0 Å². The predicted molar refractivity (Wildman–Crippen MR) is 81.8 cm³/mol. The lowest BCUT2D eigenvalue weighted by Crippen LogP contribution is -1.96. The Labute approximate surface area is 121 Å². The fraction of sp³-hybridized carbons (Fsp3) is 0.250. The fourth-order valence-electron chi connectivity index (χ4n) is 0.925. The third-order valence-corrected chi connectivity index (χ3v) is 3.51. The van der Waals surface area contributed by atoms with E-state index < -0.39 is 0 Å². The zero-order valence-electron chi connectivity index (χ0n) is 10.7. The van der Waals surface area contributed by atoms with Gasteiger partial charge in [0.1, 0.15) is 0 Å². The van der Waals surface area contributed by atoms with Crippen molar-refractivity contribution in [3.05, 3.63) is 34.5 Å². The third kappa shape index (κ3) is 5.75. The van der Waals surface area contributed by atoms with E-state index in [0.717, 1.165) is 14.7 Å². The average molecular weight is 297 g/mol. The Morgan fingerprint density at radius 3 is 1.06 bits per heavy atom. The highest BCUT2D eigenvalue weighted by atomic mass is 32.2. The van der Waals surface area contributed by atoms with Crippen molar-refractivity contribution in [2.45, 2.75) is 36.2 Å². The van der Waals surface area contributed by atoms with Crippen LogP contribution in [-0.2, 0) is 0 Å². The molecule has 0 bridgehead atoms. The van der Waals surface area contributed by atoms with Crippen molar-refractivity contribution in [3.63, 3.8) is 0 Å². The number of thioether (sulfide) groups is 3. The zero-order valence-corrected chi connectivity index (χ0v) is 13.1. The summed E-state index contributed by atoms with van der Waals surface area (Å²) in [5, 5.41) is 1.97. The van der Waals surface area contributed by atoms with E-state index in [-0.39, 0.29) is 0 Å². The van der Waals surface area contributed by atoms with Gasteiger partial charge in [0.25, 0.3) is 0 Å². The maximum atomic E-state index is 4.36. The monoisotopic (exact) mass is 297 g/mol. The summed E-state index contributed by atoms with van der Waals surface area (Å²) < 4.78 is 0. The molecule has 6 heteroatoms. The zero-order chi connectivity index (χ0) is 13.7. The Morgan fingerprint density at radius 1 is 0.667 bits per heavy atom. The number of hydrogen-bond acceptors (Lipinski definition) is 6. The van der Waals surface area contributed by atoms with Crippen molar-refractivity contribution >= 4 is 35.3 Å². The van der Waals surface area contributed by atoms with Crippen LogP contribution in [0.2, 0.25) is 0 Å². The van der Waals surface area contributed by atoms with E-state index in [1.54, 1.807) is 0 Å². The van der Waals surface area contributed by atoms with Crippen LogP contribution in [0.4, 0.5) is 0 Å². The fourth-order valence-corrected chi connectivity index (χ4v) is 2.83. The minimum Gasteiger partial charge on any atom is -0.196 e. The van der Waals surface area contributed by atoms with Crippen LogP contribution >= 0.6 is 35.3 Å². The molecular formula is C12H15N3S3. The molecule has 1 aromatic heterocycles. The van der Waals surface area contributed by atoms with Gasteiger partial charge in [-0.15, -0.1) is 0 Å². The molecule has 0 radical (unpaired) electrons. The van der Waals surface area contributed by atoms with Crippen LogP contribution in [0.5, 0.6) is 0 Å². The molecule has 0 saturated carbocycles. The van der Waals surface area contributed by atoms with Crippen LogP contribution in [0.3, 0.4) is 0 Å². The van der Waals surface area contributed by atoms with Gasteiger partial charge in [-0.25, -0.2) is 0 Å². The molecule has 0 atom stereocenters.